The molecule has 0 fully saturated rings. The molecule has 3 nitrogen and oxygen atoms in total. The van der Waals surface area contributed by atoms with E-state index in [1.54, 1.807) is 20.2 Å². The van der Waals surface area contributed by atoms with E-state index in [9.17, 15) is 13.6 Å². The summed E-state index contributed by atoms with van der Waals surface area (Å²) in [7, 11) is 1.58. The summed E-state index contributed by atoms with van der Waals surface area (Å²) in [5.74, 6) is -1.20. The van der Waals surface area contributed by atoms with Gasteiger partial charge in [-0.05, 0) is 42.3 Å². The van der Waals surface area contributed by atoms with Crippen molar-refractivity contribution in [1.29, 1.82) is 0 Å². The molecule has 0 aliphatic heterocycles. The topological polar surface area (TPSA) is 31.2 Å². The smallest absolute Gasteiger partial charge is 0.258 e. The van der Waals surface area contributed by atoms with Crippen molar-refractivity contribution in [2.24, 2.45) is 0 Å². The molecule has 0 unspecified atom stereocenters. The van der Waals surface area contributed by atoms with Crippen LogP contribution in [0.1, 0.15) is 11.1 Å². The van der Waals surface area contributed by atoms with Crippen molar-refractivity contribution in [2.45, 2.75) is 13.5 Å². The maximum absolute atomic E-state index is 13.9. The number of pyridine rings is 1. The zero-order chi connectivity index (χ0) is 16.6. The summed E-state index contributed by atoms with van der Waals surface area (Å²) < 4.78 is 33.9. The molecule has 3 aromatic rings. The molecule has 2 aromatic carbocycles. The number of hydrogen-bond acceptors (Lipinski definition) is 2. The summed E-state index contributed by atoms with van der Waals surface area (Å²) in [6.45, 7) is 2.01. The van der Waals surface area contributed by atoms with E-state index >= 15 is 0 Å². The lowest BCUT2D eigenvalue weighted by Gasteiger charge is -2.11. The number of benzene rings is 2. The van der Waals surface area contributed by atoms with Crippen molar-refractivity contribution in [3.63, 3.8) is 0 Å². The standard InChI is InChI=1S/C18H15F2NO2/c1-11-9-21(10-12-3-5-13(23-2)6-4-12)18(22)14-7-8-15(19)17(20)16(11)14/h3-9H,10H2,1-2H3. The van der Waals surface area contributed by atoms with Crippen LogP contribution in [0.4, 0.5) is 8.78 Å². The summed E-state index contributed by atoms with van der Waals surface area (Å²) in [6, 6.07) is 9.64. The third kappa shape index (κ3) is 2.70. The van der Waals surface area contributed by atoms with Crippen LogP contribution in [-0.2, 0) is 6.54 Å². The van der Waals surface area contributed by atoms with E-state index in [0.717, 1.165) is 17.4 Å². The second kappa shape index (κ2) is 5.83. The number of aromatic nitrogens is 1. The van der Waals surface area contributed by atoms with Crippen molar-refractivity contribution in [1.82, 2.24) is 4.57 Å². The van der Waals surface area contributed by atoms with E-state index in [0.29, 0.717) is 12.1 Å². The van der Waals surface area contributed by atoms with E-state index in [1.807, 2.05) is 24.3 Å². The van der Waals surface area contributed by atoms with Gasteiger partial charge in [-0.2, -0.15) is 0 Å². The van der Waals surface area contributed by atoms with Gasteiger partial charge < -0.3 is 9.30 Å². The van der Waals surface area contributed by atoms with Gasteiger partial charge >= 0.3 is 0 Å². The molecule has 23 heavy (non-hydrogen) atoms. The average molecular weight is 315 g/mol. The van der Waals surface area contributed by atoms with Crippen LogP contribution in [0.2, 0.25) is 0 Å². The first-order valence-corrected chi connectivity index (χ1v) is 7.12. The van der Waals surface area contributed by atoms with E-state index in [-0.39, 0.29) is 16.3 Å². The second-order valence-electron chi connectivity index (χ2n) is 5.38. The molecular weight excluding hydrogens is 300 g/mol. The van der Waals surface area contributed by atoms with Gasteiger partial charge in [0.2, 0.25) is 0 Å². The Labute approximate surface area is 131 Å². The van der Waals surface area contributed by atoms with Crippen LogP contribution in [0.3, 0.4) is 0 Å². The van der Waals surface area contributed by atoms with Crippen molar-refractivity contribution in [2.75, 3.05) is 7.11 Å². The number of ether oxygens (including phenoxy) is 1. The number of fused-ring (bicyclic) bond motifs is 1. The van der Waals surface area contributed by atoms with Crippen LogP contribution < -0.4 is 10.3 Å². The van der Waals surface area contributed by atoms with Gasteiger partial charge in [0.15, 0.2) is 11.6 Å². The summed E-state index contributed by atoms with van der Waals surface area (Å²) in [4.78, 5) is 12.5. The summed E-state index contributed by atoms with van der Waals surface area (Å²) in [6.07, 6.45) is 1.55. The lowest BCUT2D eigenvalue weighted by molar-refractivity contribution is 0.414. The van der Waals surface area contributed by atoms with Gasteiger partial charge in [-0.3, -0.25) is 4.79 Å². The van der Waals surface area contributed by atoms with Crippen molar-refractivity contribution >= 4 is 10.8 Å². The van der Waals surface area contributed by atoms with Gasteiger partial charge in [-0.15, -0.1) is 0 Å². The molecule has 0 bridgehead atoms. The highest BCUT2D eigenvalue weighted by Crippen LogP contribution is 2.21. The van der Waals surface area contributed by atoms with Gasteiger partial charge in [-0.25, -0.2) is 8.78 Å². The first-order valence-electron chi connectivity index (χ1n) is 7.12. The van der Waals surface area contributed by atoms with Crippen LogP contribution >= 0.6 is 0 Å². The quantitative estimate of drug-likeness (QED) is 0.739. The van der Waals surface area contributed by atoms with Gasteiger partial charge in [0.25, 0.3) is 5.56 Å². The molecule has 0 radical (unpaired) electrons. The predicted molar refractivity (Wildman–Crippen MR) is 85.0 cm³/mol. The predicted octanol–water partition coefficient (Wildman–Crippen LogP) is 3.65. The molecule has 5 heteroatoms. The fraction of sp³-hybridized carbons (Fsp3) is 0.167. The Balaban J connectivity index is 2.10. The summed E-state index contributed by atoms with van der Waals surface area (Å²) >= 11 is 0. The van der Waals surface area contributed by atoms with E-state index in [1.165, 1.54) is 10.6 Å². The van der Waals surface area contributed by atoms with Crippen LogP contribution in [0.25, 0.3) is 10.8 Å². The Bertz CT molecular complexity index is 930. The molecule has 3 rings (SSSR count). The number of nitrogens with zero attached hydrogens (tertiary/aromatic N) is 1. The van der Waals surface area contributed by atoms with Gasteiger partial charge in [0.05, 0.1) is 19.0 Å². The van der Waals surface area contributed by atoms with Gasteiger partial charge in [0, 0.05) is 11.6 Å². The minimum atomic E-state index is -0.978. The zero-order valence-electron chi connectivity index (χ0n) is 12.8. The largest absolute Gasteiger partial charge is 0.497 e. The Morgan fingerprint density at radius 3 is 2.43 bits per heavy atom. The number of methoxy groups -OCH3 is 1. The van der Waals surface area contributed by atoms with Crippen molar-refractivity contribution < 1.29 is 13.5 Å². The van der Waals surface area contributed by atoms with Crippen LogP contribution in [0.5, 0.6) is 5.75 Å². The van der Waals surface area contributed by atoms with Gasteiger partial charge in [0.1, 0.15) is 5.75 Å². The third-order valence-electron chi connectivity index (χ3n) is 3.84. The zero-order valence-corrected chi connectivity index (χ0v) is 12.8. The molecule has 0 amide bonds. The van der Waals surface area contributed by atoms with Crippen molar-refractivity contribution in [3.8, 4) is 5.75 Å². The molecule has 0 spiro atoms. The third-order valence-corrected chi connectivity index (χ3v) is 3.84. The molecule has 0 aliphatic carbocycles. The molecule has 1 heterocycles. The Morgan fingerprint density at radius 1 is 1.09 bits per heavy atom. The van der Waals surface area contributed by atoms with Crippen molar-refractivity contribution in [3.05, 3.63) is 75.7 Å². The fourth-order valence-electron chi connectivity index (χ4n) is 2.67. The first-order chi connectivity index (χ1) is 11.0. The lowest BCUT2D eigenvalue weighted by Crippen LogP contribution is -2.21. The molecular formula is C18H15F2NO2. The van der Waals surface area contributed by atoms with E-state index < -0.39 is 11.6 Å². The number of rotatable bonds is 3. The molecule has 0 atom stereocenters. The van der Waals surface area contributed by atoms with Gasteiger partial charge in [-0.1, -0.05) is 12.1 Å². The lowest BCUT2D eigenvalue weighted by atomic mass is 10.1. The highest BCUT2D eigenvalue weighted by atomic mass is 19.2. The molecule has 0 aliphatic rings. The molecule has 0 saturated heterocycles. The number of halogens is 2. The SMILES string of the molecule is COc1ccc(Cn2cc(C)c3c(F)c(F)ccc3c2=O)cc1. The van der Waals surface area contributed by atoms with E-state index in [2.05, 4.69) is 0 Å². The highest BCUT2D eigenvalue weighted by Gasteiger charge is 2.14. The maximum atomic E-state index is 13.9. The normalized spacial score (nSPS) is 11.0. The first kappa shape index (κ1) is 15.2. The molecule has 1 aromatic heterocycles. The molecule has 0 saturated carbocycles. The van der Waals surface area contributed by atoms with Crippen LogP contribution in [0, 0.1) is 18.6 Å². The Kier molecular flexibility index (Phi) is 3.86. The summed E-state index contributed by atoms with van der Waals surface area (Å²) in [5, 5.41) is 0.221. The minimum Gasteiger partial charge on any atom is -0.497 e. The molecule has 0 N–H and O–H groups in total. The monoisotopic (exact) mass is 315 g/mol. The van der Waals surface area contributed by atoms with Crippen LogP contribution in [0.15, 0.2) is 47.4 Å². The average Bonchev–Trinajstić information content (AvgIpc) is 2.55. The minimum absolute atomic E-state index is 0.0426. The highest BCUT2D eigenvalue weighted by molar-refractivity contribution is 5.85. The molecule has 118 valence electrons. The van der Waals surface area contributed by atoms with E-state index in [4.69, 9.17) is 4.74 Å². The van der Waals surface area contributed by atoms with Crippen LogP contribution in [-0.4, -0.2) is 11.7 Å². The second-order valence-corrected chi connectivity index (χ2v) is 5.38. The summed E-state index contributed by atoms with van der Waals surface area (Å²) in [5.41, 5.74) is 1.08. The Hall–Kier alpha value is -2.69. The maximum Gasteiger partial charge on any atom is 0.258 e. The number of aryl methyl sites for hydroxylation is 1. The fourth-order valence-corrected chi connectivity index (χ4v) is 2.67. The Morgan fingerprint density at radius 2 is 1.78 bits per heavy atom. The number of hydrogen-bond donors (Lipinski definition) is 0.